The van der Waals surface area contributed by atoms with E-state index in [1.54, 1.807) is 34.1 Å². The molecule has 0 bridgehead atoms. The lowest BCUT2D eigenvalue weighted by atomic mass is 9.86. The number of anilines is 1. The summed E-state index contributed by atoms with van der Waals surface area (Å²) in [4.78, 5) is 58.9. The summed E-state index contributed by atoms with van der Waals surface area (Å²) in [5, 5.41) is 10.2. The highest BCUT2D eigenvalue weighted by Crippen LogP contribution is 2.31. The number of hydrogen-bond donors (Lipinski definition) is 3. The summed E-state index contributed by atoms with van der Waals surface area (Å²) in [7, 11) is -1.86. The van der Waals surface area contributed by atoms with Gasteiger partial charge in [-0.1, -0.05) is 74.0 Å². The van der Waals surface area contributed by atoms with Crippen molar-refractivity contribution < 1.29 is 33.8 Å². The van der Waals surface area contributed by atoms with Crippen LogP contribution >= 0.6 is 23.5 Å². The zero-order chi connectivity index (χ0) is 35.4. The van der Waals surface area contributed by atoms with Gasteiger partial charge in [0, 0.05) is 30.2 Å². The molecule has 11 nitrogen and oxygen atoms in total. The molecule has 1 atom stereocenters. The molecular formula is C35H48ClN4O7SSi. The van der Waals surface area contributed by atoms with Crippen LogP contribution in [-0.4, -0.2) is 73.1 Å². The number of ether oxygens (including phenoxy) is 2. The number of carbonyl (C=O) groups excluding carboxylic acids is 4. The summed E-state index contributed by atoms with van der Waals surface area (Å²) in [5.74, 6) is -0.0637. The van der Waals surface area contributed by atoms with Gasteiger partial charge in [-0.2, -0.15) is 0 Å². The van der Waals surface area contributed by atoms with Gasteiger partial charge < -0.3 is 29.4 Å². The van der Waals surface area contributed by atoms with Gasteiger partial charge in [-0.25, -0.2) is 9.59 Å². The second kappa shape index (κ2) is 18.7. The van der Waals surface area contributed by atoms with Gasteiger partial charge in [0.1, 0.15) is 17.5 Å². The fraction of sp³-hybridized carbons (Fsp3) is 0.543. The summed E-state index contributed by atoms with van der Waals surface area (Å²) < 4.78 is 13.6. The van der Waals surface area contributed by atoms with Crippen molar-refractivity contribution >= 4 is 62.2 Å². The van der Waals surface area contributed by atoms with Crippen LogP contribution in [0, 0.1) is 5.92 Å². The number of hydrogen-bond acceptors (Lipinski definition) is 8. The van der Waals surface area contributed by atoms with Crippen LogP contribution in [0.15, 0.2) is 48.5 Å². The number of benzene rings is 2. The number of fused-ring (bicyclic) bond motifs is 1. The van der Waals surface area contributed by atoms with E-state index in [0.717, 1.165) is 54.4 Å². The molecule has 267 valence electrons. The predicted molar refractivity (Wildman–Crippen MR) is 193 cm³/mol. The molecule has 49 heavy (non-hydrogen) atoms. The summed E-state index contributed by atoms with van der Waals surface area (Å²) in [6.07, 6.45) is 4.82. The molecule has 1 aliphatic heterocycles. The van der Waals surface area contributed by atoms with Crippen LogP contribution in [0.25, 0.3) is 0 Å². The van der Waals surface area contributed by atoms with Gasteiger partial charge in [-0.15, -0.1) is 0 Å². The van der Waals surface area contributed by atoms with Crippen LogP contribution in [0.3, 0.4) is 0 Å². The van der Waals surface area contributed by atoms with Crippen LogP contribution < -0.4 is 14.6 Å². The van der Waals surface area contributed by atoms with Gasteiger partial charge in [0.15, 0.2) is 8.96 Å². The van der Waals surface area contributed by atoms with Crippen LogP contribution in [0.4, 0.5) is 15.3 Å². The van der Waals surface area contributed by atoms with Crippen LogP contribution in [0.2, 0.25) is 11.1 Å². The average molecular weight is 732 g/mol. The van der Waals surface area contributed by atoms with E-state index in [1.807, 2.05) is 45.0 Å². The molecule has 4 rings (SSSR count). The number of rotatable bonds is 12. The van der Waals surface area contributed by atoms with E-state index in [-0.39, 0.29) is 31.1 Å². The molecule has 2 aromatic carbocycles. The minimum Gasteiger partial charge on any atom is -0.444 e. The van der Waals surface area contributed by atoms with Crippen molar-refractivity contribution in [2.45, 2.75) is 95.8 Å². The standard InChI is InChI=1S/C35H48ClN4O7SSi/c1-35(2,3)47-34(45)39-17-18-40(29-15-8-7-13-27(29)22-39)31(42)16-19-49(24-41)38-32(43)30(21-25-10-5-4-6-11-25)48-37-33(44)46-23-26-12-9-14-28(36)20-26/h7-9,12-15,20,25,30,41H,4-6,10-11,16-19,21-24H2,1-3H3,(H,37,44)(H,38,43)/t30-/m0/s1. The number of halogens is 1. The lowest BCUT2D eigenvalue weighted by Gasteiger charge is -2.27. The quantitative estimate of drug-likeness (QED) is 0.169. The Labute approximate surface area is 300 Å². The van der Waals surface area contributed by atoms with E-state index in [1.165, 1.54) is 6.42 Å². The molecule has 1 heterocycles. The minimum atomic E-state index is -1.86. The Bertz CT molecular complexity index is 1440. The van der Waals surface area contributed by atoms with Crippen molar-refractivity contribution in [1.82, 2.24) is 14.6 Å². The van der Waals surface area contributed by atoms with Crippen LogP contribution in [-0.2, 0) is 32.2 Å². The normalized spacial score (nSPS) is 16.0. The first kappa shape index (κ1) is 38.5. The molecule has 1 radical (unpaired) electrons. The Hall–Kier alpha value is -3.26. The lowest BCUT2D eigenvalue weighted by molar-refractivity contribution is -0.120. The number of aliphatic hydroxyl groups is 1. The summed E-state index contributed by atoms with van der Waals surface area (Å²) in [6, 6.07) is 14.8. The first-order valence-electron chi connectivity index (χ1n) is 16.9. The molecular weight excluding hydrogens is 684 g/mol. The van der Waals surface area contributed by atoms with E-state index < -0.39 is 32.0 Å². The van der Waals surface area contributed by atoms with Gasteiger partial charge in [-0.05, 0) is 80.4 Å². The van der Waals surface area contributed by atoms with Crippen molar-refractivity contribution in [2.24, 2.45) is 5.92 Å². The van der Waals surface area contributed by atoms with E-state index in [4.69, 9.17) is 21.1 Å². The second-order valence-corrected chi connectivity index (χ2v) is 17.2. The number of para-hydroxylation sites is 1. The van der Waals surface area contributed by atoms with Crippen LogP contribution in [0.1, 0.15) is 76.8 Å². The molecule has 2 aliphatic rings. The third kappa shape index (κ3) is 12.5. The fourth-order valence-electron chi connectivity index (χ4n) is 5.96. The molecule has 2 aromatic rings. The zero-order valence-corrected chi connectivity index (χ0v) is 31.1. The van der Waals surface area contributed by atoms with Gasteiger partial charge in [0.25, 0.3) is 0 Å². The predicted octanol–water partition coefficient (Wildman–Crippen LogP) is 6.37. The average Bonchev–Trinajstić information content (AvgIpc) is 3.27. The molecule has 3 N–H and O–H groups in total. The molecule has 0 unspecified atom stereocenters. The number of nitrogens with one attached hydrogen (secondary N) is 2. The lowest BCUT2D eigenvalue weighted by Crippen LogP contribution is -2.47. The van der Waals surface area contributed by atoms with Crippen LogP contribution in [0.5, 0.6) is 0 Å². The maximum absolute atomic E-state index is 13.6. The van der Waals surface area contributed by atoms with E-state index >= 15 is 0 Å². The molecule has 0 aromatic heterocycles. The monoisotopic (exact) mass is 731 g/mol. The van der Waals surface area contributed by atoms with Crippen molar-refractivity contribution in [3.8, 4) is 0 Å². The molecule has 1 fully saturated rings. The van der Waals surface area contributed by atoms with Crippen molar-refractivity contribution in [3.05, 3.63) is 64.7 Å². The molecule has 0 saturated heterocycles. The number of carbonyl (C=O) groups is 4. The van der Waals surface area contributed by atoms with Gasteiger partial charge in [-0.3, -0.25) is 14.3 Å². The zero-order valence-electron chi connectivity index (χ0n) is 28.5. The molecule has 4 amide bonds. The molecule has 1 aliphatic carbocycles. The highest BCUT2D eigenvalue weighted by atomic mass is 35.5. The number of aliphatic hydroxyl groups excluding tert-OH is 1. The topological polar surface area (TPSA) is 138 Å². The van der Waals surface area contributed by atoms with Crippen molar-refractivity contribution in [1.29, 1.82) is 0 Å². The van der Waals surface area contributed by atoms with Crippen molar-refractivity contribution in [3.63, 3.8) is 0 Å². The third-order valence-electron chi connectivity index (χ3n) is 8.43. The highest BCUT2D eigenvalue weighted by molar-refractivity contribution is 7.99. The Kier molecular flexibility index (Phi) is 14.7. The Morgan fingerprint density at radius 2 is 1.82 bits per heavy atom. The highest BCUT2D eigenvalue weighted by Gasteiger charge is 2.31. The third-order valence-corrected chi connectivity index (χ3v) is 11.5. The maximum atomic E-state index is 13.6. The van der Waals surface area contributed by atoms with E-state index in [2.05, 4.69) is 9.70 Å². The SMILES string of the molecule is CC(C)(C)OC(=O)N1CCN(C(=O)CC[Si](CO)NC(=O)[C@H](CC2CCCCC2)SNC(=O)OCc2cccc(Cl)c2)c2ccccc2C1. The minimum absolute atomic E-state index is 0.0403. The summed E-state index contributed by atoms with van der Waals surface area (Å²) >= 11 is 7.05. The van der Waals surface area contributed by atoms with E-state index in [0.29, 0.717) is 43.0 Å². The van der Waals surface area contributed by atoms with E-state index in [9.17, 15) is 24.3 Å². The molecule has 0 spiro atoms. The number of amides is 4. The maximum Gasteiger partial charge on any atom is 0.417 e. The summed E-state index contributed by atoms with van der Waals surface area (Å²) in [5.41, 5.74) is 1.67. The fourth-order valence-corrected chi connectivity index (χ4v) is 8.51. The smallest absolute Gasteiger partial charge is 0.417 e. The largest absolute Gasteiger partial charge is 0.444 e. The Balaban J connectivity index is 1.34. The van der Waals surface area contributed by atoms with Gasteiger partial charge >= 0.3 is 12.2 Å². The van der Waals surface area contributed by atoms with Crippen molar-refractivity contribution in [2.75, 3.05) is 24.2 Å². The first-order valence-corrected chi connectivity index (χ1v) is 20.0. The van der Waals surface area contributed by atoms with Gasteiger partial charge in [0.05, 0.1) is 12.8 Å². The summed E-state index contributed by atoms with van der Waals surface area (Å²) in [6.45, 7) is 6.41. The van der Waals surface area contributed by atoms with Gasteiger partial charge in [0.2, 0.25) is 11.8 Å². The first-order chi connectivity index (χ1) is 23.4. The molecule has 1 saturated carbocycles. The Morgan fingerprint density at radius 3 is 2.53 bits per heavy atom. The Morgan fingerprint density at radius 1 is 1.06 bits per heavy atom. The number of nitrogens with zero attached hydrogens (tertiary/aromatic N) is 2. The molecule has 14 heteroatoms. The second-order valence-electron chi connectivity index (χ2n) is 13.5.